The highest BCUT2D eigenvalue weighted by atomic mass is 16.4. The lowest BCUT2D eigenvalue weighted by molar-refractivity contribution is -0.137. The lowest BCUT2D eigenvalue weighted by Gasteiger charge is -2.13. The summed E-state index contributed by atoms with van der Waals surface area (Å²) in [7, 11) is 0. The van der Waals surface area contributed by atoms with E-state index in [1.807, 2.05) is 30.3 Å². The summed E-state index contributed by atoms with van der Waals surface area (Å²) in [4.78, 5) is 10.4. The third-order valence-electron chi connectivity index (χ3n) is 1.78. The zero-order chi connectivity index (χ0) is 9.68. The molecule has 4 heteroatoms. The first-order chi connectivity index (χ1) is 6.24. The first-order valence-corrected chi connectivity index (χ1v) is 3.97. The Bertz CT molecular complexity index is 274. The summed E-state index contributed by atoms with van der Waals surface area (Å²) in [5.74, 6) is 4.37. The van der Waals surface area contributed by atoms with Crippen molar-refractivity contribution in [2.75, 3.05) is 0 Å². The predicted molar refractivity (Wildman–Crippen MR) is 48.8 cm³/mol. The maximum atomic E-state index is 10.4. The van der Waals surface area contributed by atoms with E-state index in [9.17, 15) is 4.79 Å². The molecule has 0 aliphatic carbocycles. The van der Waals surface area contributed by atoms with Crippen LogP contribution in [0.25, 0.3) is 0 Å². The van der Waals surface area contributed by atoms with Gasteiger partial charge in [0.2, 0.25) is 0 Å². The lowest BCUT2D eigenvalue weighted by atomic mass is 10.1. The van der Waals surface area contributed by atoms with Gasteiger partial charge in [0.05, 0.1) is 12.5 Å². The van der Waals surface area contributed by atoms with Crippen LogP contribution in [-0.4, -0.2) is 11.1 Å². The van der Waals surface area contributed by atoms with E-state index in [1.165, 1.54) is 0 Å². The van der Waals surface area contributed by atoms with Crippen LogP contribution >= 0.6 is 0 Å². The minimum absolute atomic E-state index is 0.0134. The van der Waals surface area contributed by atoms with Crippen LogP contribution in [-0.2, 0) is 4.79 Å². The van der Waals surface area contributed by atoms with Crippen LogP contribution in [0.4, 0.5) is 0 Å². The Morgan fingerprint density at radius 3 is 2.54 bits per heavy atom. The Balaban J connectivity index is 2.73. The molecule has 1 rings (SSSR count). The summed E-state index contributed by atoms with van der Waals surface area (Å²) in [6.07, 6.45) is -0.0134. The van der Waals surface area contributed by atoms with Gasteiger partial charge < -0.3 is 5.11 Å². The van der Waals surface area contributed by atoms with E-state index in [2.05, 4.69) is 5.43 Å². The number of carbonyl (C=O) groups is 1. The van der Waals surface area contributed by atoms with E-state index in [-0.39, 0.29) is 12.5 Å². The molecular weight excluding hydrogens is 168 g/mol. The molecule has 0 saturated heterocycles. The second-order valence-electron chi connectivity index (χ2n) is 2.73. The number of hydrogen-bond donors (Lipinski definition) is 3. The fourth-order valence-electron chi connectivity index (χ4n) is 1.13. The van der Waals surface area contributed by atoms with Gasteiger partial charge in [-0.25, -0.2) is 0 Å². The van der Waals surface area contributed by atoms with Crippen molar-refractivity contribution < 1.29 is 9.90 Å². The SMILES string of the molecule is NNC(CC(=O)O)c1ccccc1. The summed E-state index contributed by atoms with van der Waals surface area (Å²) in [6.45, 7) is 0. The summed E-state index contributed by atoms with van der Waals surface area (Å²) in [5, 5.41) is 8.58. The first-order valence-electron chi connectivity index (χ1n) is 3.97. The number of rotatable bonds is 4. The molecule has 4 N–H and O–H groups in total. The zero-order valence-electron chi connectivity index (χ0n) is 7.10. The highest BCUT2D eigenvalue weighted by molar-refractivity contribution is 5.67. The summed E-state index contributed by atoms with van der Waals surface area (Å²) in [5.41, 5.74) is 3.35. The highest BCUT2D eigenvalue weighted by Gasteiger charge is 2.12. The van der Waals surface area contributed by atoms with Gasteiger partial charge in [0.25, 0.3) is 0 Å². The topological polar surface area (TPSA) is 75.3 Å². The molecule has 0 saturated carbocycles. The second kappa shape index (κ2) is 4.59. The van der Waals surface area contributed by atoms with Crippen molar-refractivity contribution in [3.8, 4) is 0 Å². The number of hydrogen-bond acceptors (Lipinski definition) is 3. The normalized spacial score (nSPS) is 12.4. The molecule has 1 unspecified atom stereocenters. The minimum Gasteiger partial charge on any atom is -0.481 e. The predicted octanol–water partition coefficient (Wildman–Crippen LogP) is 0.666. The average molecular weight is 180 g/mol. The number of hydrazine groups is 1. The van der Waals surface area contributed by atoms with Crippen LogP contribution in [0.15, 0.2) is 30.3 Å². The van der Waals surface area contributed by atoms with Crippen molar-refractivity contribution >= 4 is 5.97 Å². The second-order valence-corrected chi connectivity index (χ2v) is 2.73. The standard InChI is InChI=1S/C9H12N2O2/c10-11-8(6-9(12)13)7-4-2-1-3-5-7/h1-5,8,11H,6,10H2,(H,12,13). The largest absolute Gasteiger partial charge is 0.481 e. The molecule has 0 spiro atoms. The van der Waals surface area contributed by atoms with Crippen LogP contribution in [0.5, 0.6) is 0 Å². The van der Waals surface area contributed by atoms with E-state index in [4.69, 9.17) is 10.9 Å². The van der Waals surface area contributed by atoms with E-state index in [1.54, 1.807) is 0 Å². The molecule has 0 bridgehead atoms. The van der Waals surface area contributed by atoms with Gasteiger partial charge in [0, 0.05) is 0 Å². The van der Waals surface area contributed by atoms with E-state index in [0.717, 1.165) is 5.56 Å². The van der Waals surface area contributed by atoms with Crippen LogP contribution in [0.1, 0.15) is 18.0 Å². The molecule has 0 amide bonds. The Hall–Kier alpha value is -1.39. The number of carboxylic acid groups (broad SMARTS) is 1. The molecule has 1 aromatic rings. The van der Waals surface area contributed by atoms with Crippen molar-refractivity contribution in [3.05, 3.63) is 35.9 Å². The van der Waals surface area contributed by atoms with Crippen molar-refractivity contribution in [2.24, 2.45) is 5.84 Å². The Labute approximate surface area is 76.3 Å². The number of nitrogens with two attached hydrogens (primary N) is 1. The van der Waals surface area contributed by atoms with Crippen molar-refractivity contribution in [3.63, 3.8) is 0 Å². The van der Waals surface area contributed by atoms with Crippen molar-refractivity contribution in [1.29, 1.82) is 0 Å². The molecule has 13 heavy (non-hydrogen) atoms. The Morgan fingerprint density at radius 2 is 2.08 bits per heavy atom. The Kier molecular flexibility index (Phi) is 3.42. The average Bonchev–Trinajstić information content (AvgIpc) is 2.15. The number of carboxylic acids is 1. The van der Waals surface area contributed by atoms with E-state index >= 15 is 0 Å². The molecule has 0 aliphatic heterocycles. The molecule has 0 aromatic heterocycles. The smallest absolute Gasteiger partial charge is 0.305 e. The van der Waals surface area contributed by atoms with Gasteiger partial charge in [-0.3, -0.25) is 16.1 Å². The van der Waals surface area contributed by atoms with E-state index < -0.39 is 5.97 Å². The molecule has 1 aromatic carbocycles. The van der Waals surface area contributed by atoms with Gasteiger partial charge in [-0.1, -0.05) is 30.3 Å². The fraction of sp³-hybridized carbons (Fsp3) is 0.222. The number of benzene rings is 1. The number of nitrogens with one attached hydrogen (secondary N) is 1. The molecule has 0 heterocycles. The van der Waals surface area contributed by atoms with Gasteiger partial charge in [0.1, 0.15) is 0 Å². The van der Waals surface area contributed by atoms with Gasteiger partial charge in [-0.05, 0) is 5.56 Å². The highest BCUT2D eigenvalue weighted by Crippen LogP contribution is 2.14. The lowest BCUT2D eigenvalue weighted by Crippen LogP contribution is -2.29. The van der Waals surface area contributed by atoms with Crippen LogP contribution in [0, 0.1) is 0 Å². The molecule has 4 nitrogen and oxygen atoms in total. The third-order valence-corrected chi connectivity index (χ3v) is 1.78. The maximum Gasteiger partial charge on any atom is 0.305 e. The van der Waals surface area contributed by atoms with Crippen LogP contribution in [0.2, 0.25) is 0 Å². The van der Waals surface area contributed by atoms with Crippen molar-refractivity contribution in [1.82, 2.24) is 5.43 Å². The monoisotopic (exact) mass is 180 g/mol. The minimum atomic E-state index is -0.869. The van der Waals surface area contributed by atoms with Gasteiger partial charge in [0.15, 0.2) is 0 Å². The summed E-state index contributed by atoms with van der Waals surface area (Å²) < 4.78 is 0. The fourth-order valence-corrected chi connectivity index (χ4v) is 1.13. The van der Waals surface area contributed by atoms with Crippen molar-refractivity contribution in [2.45, 2.75) is 12.5 Å². The summed E-state index contributed by atoms with van der Waals surface area (Å²) in [6, 6.07) is 8.93. The zero-order valence-corrected chi connectivity index (χ0v) is 7.10. The molecular formula is C9H12N2O2. The van der Waals surface area contributed by atoms with Crippen LogP contribution < -0.4 is 11.3 Å². The molecule has 1 atom stereocenters. The van der Waals surface area contributed by atoms with Gasteiger partial charge >= 0.3 is 5.97 Å². The molecule has 0 fully saturated rings. The first kappa shape index (κ1) is 9.70. The van der Waals surface area contributed by atoms with Gasteiger partial charge in [-0.2, -0.15) is 0 Å². The molecule has 0 aliphatic rings. The van der Waals surface area contributed by atoms with Gasteiger partial charge in [-0.15, -0.1) is 0 Å². The maximum absolute atomic E-state index is 10.4. The quantitative estimate of drug-likeness (QED) is 0.470. The summed E-state index contributed by atoms with van der Waals surface area (Å²) >= 11 is 0. The molecule has 70 valence electrons. The third kappa shape index (κ3) is 2.85. The molecule has 0 radical (unpaired) electrons. The van der Waals surface area contributed by atoms with E-state index in [0.29, 0.717) is 0 Å². The number of aliphatic carboxylic acids is 1. The Morgan fingerprint density at radius 1 is 1.46 bits per heavy atom. The van der Waals surface area contributed by atoms with Crippen LogP contribution in [0.3, 0.4) is 0 Å².